The minimum Gasteiger partial charge on any atom is -0.496 e. The van der Waals surface area contributed by atoms with Crippen LogP contribution in [-0.4, -0.2) is 55.4 Å². The standard InChI is InChI=1S/C20H26N2O3/c1-4-6-15-13-16(7-8-17(15)25-3)18(23)22-12-10-20(14-22)9-5-11-21(2)19(20)24/h4,7-8,13H,1,5-6,9-12,14H2,2-3H3/t20-/m1/s1. The molecule has 134 valence electrons. The van der Waals surface area contributed by atoms with Crippen molar-refractivity contribution in [1.29, 1.82) is 0 Å². The molecule has 0 bridgehead atoms. The van der Waals surface area contributed by atoms with Crippen LogP contribution in [0.3, 0.4) is 0 Å². The number of ether oxygens (including phenoxy) is 1. The summed E-state index contributed by atoms with van der Waals surface area (Å²) >= 11 is 0. The van der Waals surface area contributed by atoms with E-state index in [1.807, 2.05) is 29.0 Å². The van der Waals surface area contributed by atoms with Crippen molar-refractivity contribution in [1.82, 2.24) is 9.80 Å². The number of amides is 2. The van der Waals surface area contributed by atoms with Gasteiger partial charge in [0, 0.05) is 32.2 Å². The Kier molecular flexibility index (Phi) is 4.84. The van der Waals surface area contributed by atoms with Crippen molar-refractivity contribution in [3.05, 3.63) is 42.0 Å². The Morgan fingerprint density at radius 1 is 1.36 bits per heavy atom. The van der Waals surface area contributed by atoms with Gasteiger partial charge in [-0.25, -0.2) is 0 Å². The predicted molar refractivity (Wildman–Crippen MR) is 96.7 cm³/mol. The second-order valence-corrected chi connectivity index (χ2v) is 7.11. The third kappa shape index (κ3) is 3.15. The lowest BCUT2D eigenvalue weighted by Gasteiger charge is -2.37. The van der Waals surface area contributed by atoms with Gasteiger partial charge in [-0.3, -0.25) is 9.59 Å². The van der Waals surface area contributed by atoms with Gasteiger partial charge in [0.2, 0.25) is 5.91 Å². The molecule has 1 atom stereocenters. The van der Waals surface area contributed by atoms with Crippen molar-refractivity contribution in [2.45, 2.75) is 25.7 Å². The van der Waals surface area contributed by atoms with E-state index in [1.54, 1.807) is 19.3 Å². The van der Waals surface area contributed by atoms with Gasteiger partial charge in [0.05, 0.1) is 12.5 Å². The Morgan fingerprint density at radius 3 is 2.88 bits per heavy atom. The van der Waals surface area contributed by atoms with Gasteiger partial charge in [-0.2, -0.15) is 0 Å². The van der Waals surface area contributed by atoms with E-state index in [2.05, 4.69) is 6.58 Å². The van der Waals surface area contributed by atoms with Crippen molar-refractivity contribution in [3.8, 4) is 5.75 Å². The van der Waals surface area contributed by atoms with Gasteiger partial charge in [-0.1, -0.05) is 6.08 Å². The van der Waals surface area contributed by atoms with Gasteiger partial charge in [0.15, 0.2) is 0 Å². The van der Waals surface area contributed by atoms with Crippen molar-refractivity contribution in [3.63, 3.8) is 0 Å². The van der Waals surface area contributed by atoms with Crippen LogP contribution >= 0.6 is 0 Å². The van der Waals surface area contributed by atoms with Crippen molar-refractivity contribution in [2.24, 2.45) is 5.41 Å². The normalized spacial score (nSPS) is 23.2. The maximum atomic E-state index is 13.0. The van der Waals surface area contributed by atoms with E-state index >= 15 is 0 Å². The lowest BCUT2D eigenvalue weighted by molar-refractivity contribution is -0.143. The Labute approximate surface area is 149 Å². The number of hydrogen-bond donors (Lipinski definition) is 0. The Bertz CT molecular complexity index is 700. The quantitative estimate of drug-likeness (QED) is 0.790. The summed E-state index contributed by atoms with van der Waals surface area (Å²) in [6, 6.07) is 5.51. The minimum atomic E-state index is -0.376. The first kappa shape index (κ1) is 17.5. The van der Waals surface area contributed by atoms with Crippen LogP contribution in [0.1, 0.15) is 35.2 Å². The topological polar surface area (TPSA) is 49.9 Å². The number of piperidine rings is 1. The molecule has 1 spiro atoms. The first-order valence-corrected chi connectivity index (χ1v) is 8.83. The summed E-state index contributed by atoms with van der Waals surface area (Å²) in [4.78, 5) is 29.2. The molecule has 5 heteroatoms. The highest BCUT2D eigenvalue weighted by molar-refractivity contribution is 5.96. The van der Waals surface area contributed by atoms with Crippen LogP contribution in [0.4, 0.5) is 0 Å². The number of likely N-dealkylation sites (tertiary alicyclic amines) is 2. The molecule has 1 aromatic rings. The highest BCUT2D eigenvalue weighted by atomic mass is 16.5. The molecule has 2 aliphatic rings. The summed E-state index contributed by atoms with van der Waals surface area (Å²) in [6.45, 7) is 5.75. The lowest BCUT2D eigenvalue weighted by Crippen LogP contribution is -2.48. The lowest BCUT2D eigenvalue weighted by atomic mass is 9.78. The number of hydrogen-bond acceptors (Lipinski definition) is 3. The first-order valence-electron chi connectivity index (χ1n) is 8.83. The van der Waals surface area contributed by atoms with E-state index in [0.29, 0.717) is 25.1 Å². The summed E-state index contributed by atoms with van der Waals surface area (Å²) in [6.07, 6.45) is 5.10. The molecule has 0 radical (unpaired) electrons. The summed E-state index contributed by atoms with van der Waals surface area (Å²) in [5, 5.41) is 0. The fourth-order valence-electron chi connectivity index (χ4n) is 4.10. The number of benzene rings is 1. The molecule has 5 nitrogen and oxygen atoms in total. The van der Waals surface area contributed by atoms with Crippen LogP contribution in [0.25, 0.3) is 0 Å². The third-order valence-corrected chi connectivity index (χ3v) is 5.48. The minimum absolute atomic E-state index is 0.00846. The predicted octanol–water partition coefficient (Wildman–Crippen LogP) is 2.51. The van der Waals surface area contributed by atoms with Crippen molar-refractivity contribution in [2.75, 3.05) is 33.8 Å². The molecule has 2 aliphatic heterocycles. The first-order chi connectivity index (χ1) is 12.0. The second-order valence-electron chi connectivity index (χ2n) is 7.11. The highest BCUT2D eigenvalue weighted by Gasteiger charge is 2.48. The van der Waals surface area contributed by atoms with E-state index in [-0.39, 0.29) is 17.2 Å². The van der Waals surface area contributed by atoms with E-state index in [1.165, 1.54) is 0 Å². The average Bonchev–Trinajstić information content (AvgIpc) is 3.04. The number of nitrogens with zero attached hydrogens (tertiary/aromatic N) is 2. The maximum Gasteiger partial charge on any atom is 0.253 e. The van der Waals surface area contributed by atoms with Crippen LogP contribution in [0.15, 0.2) is 30.9 Å². The van der Waals surface area contributed by atoms with Crippen LogP contribution < -0.4 is 4.74 Å². The molecule has 0 aliphatic carbocycles. The molecule has 25 heavy (non-hydrogen) atoms. The zero-order valence-electron chi connectivity index (χ0n) is 15.1. The monoisotopic (exact) mass is 342 g/mol. The number of methoxy groups -OCH3 is 1. The van der Waals surface area contributed by atoms with Crippen molar-refractivity contribution < 1.29 is 14.3 Å². The molecule has 3 rings (SSSR count). The molecule has 2 amide bonds. The molecule has 2 heterocycles. The third-order valence-electron chi connectivity index (χ3n) is 5.48. The van der Waals surface area contributed by atoms with Crippen LogP contribution in [0.5, 0.6) is 5.75 Å². The summed E-state index contributed by atoms with van der Waals surface area (Å²) in [7, 11) is 3.48. The number of carbonyl (C=O) groups is 2. The number of rotatable bonds is 4. The average molecular weight is 342 g/mol. The van der Waals surface area contributed by atoms with E-state index in [9.17, 15) is 9.59 Å². The number of allylic oxidation sites excluding steroid dienone is 1. The van der Waals surface area contributed by atoms with Crippen LogP contribution in [0, 0.1) is 5.41 Å². The molecular weight excluding hydrogens is 316 g/mol. The van der Waals surface area contributed by atoms with E-state index < -0.39 is 0 Å². The van der Waals surface area contributed by atoms with Gasteiger partial charge >= 0.3 is 0 Å². The molecule has 2 fully saturated rings. The van der Waals surface area contributed by atoms with Gasteiger partial charge in [-0.05, 0) is 49.4 Å². The summed E-state index contributed by atoms with van der Waals surface area (Å²) in [5.41, 5.74) is 1.22. The fraction of sp³-hybridized carbons (Fsp3) is 0.500. The van der Waals surface area contributed by atoms with Crippen LogP contribution in [0.2, 0.25) is 0 Å². The summed E-state index contributed by atoms with van der Waals surface area (Å²) in [5.74, 6) is 0.945. The van der Waals surface area contributed by atoms with Gasteiger partial charge in [-0.15, -0.1) is 6.58 Å². The van der Waals surface area contributed by atoms with Crippen molar-refractivity contribution >= 4 is 11.8 Å². The molecule has 1 aromatic carbocycles. The van der Waals surface area contributed by atoms with Crippen LogP contribution in [-0.2, 0) is 11.2 Å². The maximum absolute atomic E-state index is 13.0. The van der Waals surface area contributed by atoms with E-state index in [0.717, 1.165) is 37.1 Å². The van der Waals surface area contributed by atoms with Gasteiger partial charge < -0.3 is 14.5 Å². The smallest absolute Gasteiger partial charge is 0.253 e. The molecular formula is C20H26N2O3. The van der Waals surface area contributed by atoms with Gasteiger partial charge in [0.1, 0.15) is 5.75 Å². The second kappa shape index (κ2) is 6.90. The Morgan fingerprint density at radius 2 is 2.16 bits per heavy atom. The Hall–Kier alpha value is -2.30. The zero-order chi connectivity index (χ0) is 18.0. The largest absolute Gasteiger partial charge is 0.496 e. The van der Waals surface area contributed by atoms with Gasteiger partial charge in [0.25, 0.3) is 5.91 Å². The Balaban J connectivity index is 1.79. The molecule has 2 saturated heterocycles. The fourth-order valence-corrected chi connectivity index (χ4v) is 4.10. The molecule has 0 aromatic heterocycles. The zero-order valence-corrected chi connectivity index (χ0v) is 15.1. The molecule has 0 unspecified atom stereocenters. The highest BCUT2D eigenvalue weighted by Crippen LogP contribution is 2.40. The number of carbonyl (C=O) groups excluding carboxylic acids is 2. The molecule has 0 saturated carbocycles. The van der Waals surface area contributed by atoms with E-state index in [4.69, 9.17) is 4.74 Å². The molecule has 0 N–H and O–H groups in total. The SMILES string of the molecule is C=CCc1cc(C(=O)N2CC[C@]3(CCCN(C)C3=O)C2)ccc1OC. The summed E-state index contributed by atoms with van der Waals surface area (Å²) < 4.78 is 5.35.